The van der Waals surface area contributed by atoms with E-state index in [0.29, 0.717) is 17.4 Å². The van der Waals surface area contributed by atoms with E-state index in [9.17, 15) is 13.2 Å². The zero-order valence-corrected chi connectivity index (χ0v) is 16.1. The highest BCUT2D eigenvalue weighted by molar-refractivity contribution is 7.91. The highest BCUT2D eigenvalue weighted by Crippen LogP contribution is 2.26. The number of fused-ring (bicyclic) bond motifs is 1. The quantitative estimate of drug-likeness (QED) is 0.785. The third kappa shape index (κ3) is 3.81. The highest BCUT2D eigenvalue weighted by atomic mass is 32.2. The molecule has 1 amide bonds. The second-order valence-corrected chi connectivity index (χ2v) is 10.2. The molecule has 3 aliphatic rings. The van der Waals surface area contributed by atoms with Gasteiger partial charge in [0.1, 0.15) is 0 Å². The molecular weight excluding hydrogens is 348 g/mol. The maximum absolute atomic E-state index is 13.0. The van der Waals surface area contributed by atoms with Crippen LogP contribution in [0.25, 0.3) is 0 Å². The average Bonchev–Trinajstić information content (AvgIpc) is 2.89. The van der Waals surface area contributed by atoms with Crippen molar-refractivity contribution in [2.75, 3.05) is 37.7 Å². The number of piperidine rings is 1. The van der Waals surface area contributed by atoms with Gasteiger partial charge in [0.25, 0.3) is 0 Å². The molecule has 0 bridgehead atoms. The molecule has 2 fully saturated rings. The van der Waals surface area contributed by atoms with Crippen molar-refractivity contribution in [3.05, 3.63) is 35.4 Å². The molecule has 26 heavy (non-hydrogen) atoms. The second-order valence-electron chi connectivity index (χ2n) is 7.96. The summed E-state index contributed by atoms with van der Waals surface area (Å²) in [5.41, 5.74) is 2.75. The van der Waals surface area contributed by atoms with Crippen molar-refractivity contribution in [1.29, 1.82) is 0 Å². The van der Waals surface area contributed by atoms with E-state index >= 15 is 0 Å². The Morgan fingerprint density at radius 2 is 1.54 bits per heavy atom. The Hall–Kier alpha value is -1.40. The molecule has 1 aromatic carbocycles. The second kappa shape index (κ2) is 7.31. The molecule has 1 aromatic rings. The number of carbonyl (C=O) groups is 1. The minimum Gasteiger partial charge on any atom is -0.342 e. The van der Waals surface area contributed by atoms with Gasteiger partial charge in [-0.1, -0.05) is 24.3 Å². The molecule has 1 unspecified atom stereocenters. The number of amides is 1. The Bertz CT molecular complexity index is 742. The summed E-state index contributed by atoms with van der Waals surface area (Å²) >= 11 is 0. The minimum atomic E-state index is -2.84. The fourth-order valence-electron chi connectivity index (χ4n) is 4.72. The van der Waals surface area contributed by atoms with E-state index < -0.39 is 9.84 Å². The molecule has 4 rings (SSSR count). The van der Waals surface area contributed by atoms with E-state index in [4.69, 9.17) is 0 Å². The van der Waals surface area contributed by atoms with Crippen LogP contribution >= 0.6 is 0 Å². The molecule has 6 heteroatoms. The molecule has 0 aliphatic carbocycles. The van der Waals surface area contributed by atoms with E-state index in [1.807, 2.05) is 0 Å². The number of carbonyl (C=O) groups excluding carboxylic acids is 1. The van der Waals surface area contributed by atoms with Crippen molar-refractivity contribution in [2.24, 2.45) is 5.92 Å². The number of hydrogen-bond acceptors (Lipinski definition) is 4. The topological polar surface area (TPSA) is 57.7 Å². The first-order chi connectivity index (χ1) is 12.5. The number of rotatable bonds is 2. The lowest BCUT2D eigenvalue weighted by Crippen LogP contribution is -2.46. The highest BCUT2D eigenvalue weighted by Gasteiger charge is 2.36. The van der Waals surface area contributed by atoms with Gasteiger partial charge < -0.3 is 4.90 Å². The predicted molar refractivity (Wildman–Crippen MR) is 102 cm³/mol. The first-order valence-electron chi connectivity index (χ1n) is 9.82. The van der Waals surface area contributed by atoms with E-state index in [1.54, 1.807) is 0 Å². The Balaban J connectivity index is 1.31. The van der Waals surface area contributed by atoms with Gasteiger partial charge >= 0.3 is 0 Å². The van der Waals surface area contributed by atoms with Gasteiger partial charge in [-0.3, -0.25) is 9.69 Å². The lowest BCUT2D eigenvalue weighted by Gasteiger charge is -2.36. The van der Waals surface area contributed by atoms with E-state index in [0.717, 1.165) is 58.3 Å². The molecule has 0 saturated carbocycles. The molecule has 2 saturated heterocycles. The normalized spacial score (nSPS) is 27.1. The lowest BCUT2D eigenvalue weighted by molar-refractivity contribution is -0.137. The maximum atomic E-state index is 13.0. The van der Waals surface area contributed by atoms with Crippen LogP contribution in [-0.4, -0.2) is 67.9 Å². The lowest BCUT2D eigenvalue weighted by atomic mass is 9.94. The van der Waals surface area contributed by atoms with Crippen LogP contribution in [-0.2, 0) is 27.5 Å². The molecule has 0 radical (unpaired) electrons. The smallest absolute Gasteiger partial charge is 0.225 e. The van der Waals surface area contributed by atoms with Gasteiger partial charge in [-0.15, -0.1) is 0 Å². The van der Waals surface area contributed by atoms with Crippen LogP contribution in [0.3, 0.4) is 0 Å². The summed E-state index contributed by atoms with van der Waals surface area (Å²) in [4.78, 5) is 17.4. The first kappa shape index (κ1) is 18.0. The number of sulfone groups is 1. The third-order valence-corrected chi connectivity index (χ3v) is 8.09. The van der Waals surface area contributed by atoms with Gasteiger partial charge in [-0.05, 0) is 56.3 Å². The summed E-state index contributed by atoms with van der Waals surface area (Å²) in [6.07, 6.45) is 4.37. The molecule has 5 nitrogen and oxygen atoms in total. The van der Waals surface area contributed by atoms with Crippen LogP contribution in [0.4, 0.5) is 0 Å². The first-order valence-corrected chi connectivity index (χ1v) is 11.6. The predicted octanol–water partition coefficient (Wildman–Crippen LogP) is 1.51. The summed E-state index contributed by atoms with van der Waals surface area (Å²) in [6.45, 7) is 3.34. The van der Waals surface area contributed by atoms with Crippen molar-refractivity contribution >= 4 is 15.7 Å². The van der Waals surface area contributed by atoms with Crippen LogP contribution in [0.1, 0.15) is 30.4 Å². The van der Waals surface area contributed by atoms with Crippen molar-refractivity contribution in [3.8, 4) is 0 Å². The third-order valence-electron chi connectivity index (χ3n) is 6.34. The van der Waals surface area contributed by atoms with Gasteiger partial charge in [-0.25, -0.2) is 8.42 Å². The van der Waals surface area contributed by atoms with Gasteiger partial charge in [-0.2, -0.15) is 0 Å². The fourth-order valence-corrected chi connectivity index (χ4v) is 6.48. The number of likely N-dealkylation sites (tertiary alicyclic amines) is 1. The minimum absolute atomic E-state index is 0.102. The van der Waals surface area contributed by atoms with Gasteiger partial charge in [0.2, 0.25) is 5.91 Å². The maximum Gasteiger partial charge on any atom is 0.225 e. The number of benzene rings is 1. The van der Waals surface area contributed by atoms with Gasteiger partial charge in [0.05, 0.1) is 11.5 Å². The summed E-state index contributed by atoms with van der Waals surface area (Å²) < 4.78 is 23.4. The molecule has 0 N–H and O–H groups in total. The van der Waals surface area contributed by atoms with Crippen molar-refractivity contribution < 1.29 is 13.2 Å². The van der Waals surface area contributed by atoms with E-state index in [-0.39, 0.29) is 12.0 Å². The van der Waals surface area contributed by atoms with Crippen molar-refractivity contribution in [2.45, 2.75) is 38.1 Å². The zero-order valence-electron chi connectivity index (χ0n) is 15.3. The molecule has 0 aromatic heterocycles. The summed E-state index contributed by atoms with van der Waals surface area (Å²) in [7, 11) is -2.84. The SMILES string of the molecule is O=C(C1CCN(C2CCS(=O)(=O)C2)CC1)N1CCc2ccccc2CC1. The number of nitrogens with zero attached hydrogens (tertiary/aromatic N) is 2. The Kier molecular flexibility index (Phi) is 5.06. The average molecular weight is 377 g/mol. The van der Waals surface area contributed by atoms with E-state index in [1.165, 1.54) is 11.1 Å². The Labute approximate surface area is 156 Å². The largest absolute Gasteiger partial charge is 0.342 e. The Morgan fingerprint density at radius 1 is 0.923 bits per heavy atom. The zero-order chi connectivity index (χ0) is 18.1. The molecular formula is C20H28N2O3S. The molecule has 3 aliphatic heterocycles. The summed E-state index contributed by atoms with van der Waals surface area (Å²) in [6, 6.07) is 8.68. The van der Waals surface area contributed by atoms with Crippen LogP contribution < -0.4 is 0 Å². The Morgan fingerprint density at radius 3 is 2.08 bits per heavy atom. The van der Waals surface area contributed by atoms with Crippen LogP contribution in [0.15, 0.2) is 24.3 Å². The van der Waals surface area contributed by atoms with Crippen molar-refractivity contribution in [3.63, 3.8) is 0 Å². The fraction of sp³-hybridized carbons (Fsp3) is 0.650. The molecule has 1 atom stereocenters. The summed E-state index contributed by atoms with van der Waals surface area (Å²) in [5.74, 6) is 1.03. The van der Waals surface area contributed by atoms with Crippen LogP contribution in [0, 0.1) is 5.92 Å². The van der Waals surface area contributed by atoms with E-state index in [2.05, 4.69) is 34.1 Å². The monoisotopic (exact) mass is 376 g/mol. The molecule has 142 valence electrons. The van der Waals surface area contributed by atoms with Crippen molar-refractivity contribution in [1.82, 2.24) is 9.80 Å². The molecule has 0 spiro atoms. The van der Waals surface area contributed by atoms with Gasteiger partial charge in [0, 0.05) is 25.0 Å². The molecule has 3 heterocycles. The standard InChI is InChI=1S/C20H28N2O3S/c23-20(22-12-5-16-3-1-2-4-17(16)6-13-22)18-7-10-21(11-8-18)19-9-14-26(24,25)15-19/h1-4,18-19H,5-15H2. The van der Waals surface area contributed by atoms with Crippen LogP contribution in [0.5, 0.6) is 0 Å². The number of hydrogen-bond donors (Lipinski definition) is 0. The van der Waals surface area contributed by atoms with Crippen LogP contribution in [0.2, 0.25) is 0 Å². The van der Waals surface area contributed by atoms with Gasteiger partial charge in [0.15, 0.2) is 9.84 Å². The summed E-state index contributed by atoms with van der Waals surface area (Å²) in [5, 5.41) is 0.